The number of rotatable bonds is 7. The second kappa shape index (κ2) is 7.30. The van der Waals surface area contributed by atoms with Crippen LogP contribution in [0.4, 0.5) is 0 Å². The number of hydrogen-bond donors (Lipinski definition) is 1. The maximum absolute atomic E-state index is 12.2. The molecule has 4 heteroatoms. The highest BCUT2D eigenvalue weighted by molar-refractivity contribution is 5.94. The molecular weight excluding hydrogens is 302 g/mol. The van der Waals surface area contributed by atoms with Gasteiger partial charge in [-0.2, -0.15) is 0 Å². The van der Waals surface area contributed by atoms with Crippen LogP contribution in [-0.2, 0) is 4.79 Å². The van der Waals surface area contributed by atoms with Crippen molar-refractivity contribution in [3.63, 3.8) is 0 Å². The summed E-state index contributed by atoms with van der Waals surface area (Å²) < 4.78 is 5.53. The summed E-state index contributed by atoms with van der Waals surface area (Å²) >= 11 is 0. The minimum Gasteiger partial charge on any atom is -0.484 e. The predicted molar refractivity (Wildman–Crippen MR) is 92.0 cm³/mol. The van der Waals surface area contributed by atoms with Crippen LogP contribution in [0.2, 0.25) is 0 Å². The highest BCUT2D eigenvalue weighted by atomic mass is 16.5. The smallest absolute Gasteiger partial charge is 0.258 e. The van der Waals surface area contributed by atoms with Crippen LogP contribution in [0.3, 0.4) is 0 Å². The molecule has 2 aromatic carbocycles. The molecule has 24 heavy (non-hydrogen) atoms. The standard InChI is InChI=1S/C20H21NO3/c1-14(22)17-8-5-9-18(12-17)24-13-19(23)21-20(16-10-11-16)15-6-3-2-4-7-15/h2-9,12,16,20H,10-11,13H2,1H3,(H,21,23)/t20-/m1/s1. The number of ketones is 1. The Kier molecular flexibility index (Phi) is 4.94. The van der Waals surface area contributed by atoms with Crippen LogP contribution < -0.4 is 10.1 Å². The zero-order valence-corrected chi connectivity index (χ0v) is 13.7. The van der Waals surface area contributed by atoms with E-state index in [2.05, 4.69) is 5.32 Å². The number of nitrogens with one attached hydrogen (secondary N) is 1. The Hall–Kier alpha value is -2.62. The van der Waals surface area contributed by atoms with Crippen LogP contribution in [0, 0.1) is 5.92 Å². The zero-order chi connectivity index (χ0) is 16.9. The van der Waals surface area contributed by atoms with Crippen molar-refractivity contribution in [2.45, 2.75) is 25.8 Å². The lowest BCUT2D eigenvalue weighted by atomic mass is 10.0. The van der Waals surface area contributed by atoms with Gasteiger partial charge in [0, 0.05) is 5.56 Å². The number of benzene rings is 2. The van der Waals surface area contributed by atoms with Gasteiger partial charge in [0.25, 0.3) is 5.91 Å². The molecule has 2 aromatic rings. The quantitative estimate of drug-likeness (QED) is 0.793. The van der Waals surface area contributed by atoms with E-state index in [0.717, 1.165) is 18.4 Å². The molecule has 124 valence electrons. The number of carbonyl (C=O) groups is 2. The van der Waals surface area contributed by atoms with Crippen LogP contribution in [0.1, 0.15) is 41.7 Å². The van der Waals surface area contributed by atoms with Crippen molar-refractivity contribution in [2.24, 2.45) is 5.92 Å². The third-order valence-electron chi connectivity index (χ3n) is 4.18. The van der Waals surface area contributed by atoms with Gasteiger partial charge >= 0.3 is 0 Å². The molecule has 1 saturated carbocycles. The summed E-state index contributed by atoms with van der Waals surface area (Å²) in [4.78, 5) is 23.6. The highest BCUT2D eigenvalue weighted by Gasteiger charge is 2.33. The van der Waals surface area contributed by atoms with Crippen LogP contribution in [0.5, 0.6) is 5.75 Å². The summed E-state index contributed by atoms with van der Waals surface area (Å²) in [6.07, 6.45) is 2.28. The summed E-state index contributed by atoms with van der Waals surface area (Å²) in [7, 11) is 0. The molecule has 0 saturated heterocycles. The molecule has 1 amide bonds. The average molecular weight is 323 g/mol. The summed E-state index contributed by atoms with van der Waals surface area (Å²) in [5.74, 6) is 0.865. The van der Waals surface area contributed by atoms with Gasteiger partial charge in [0.15, 0.2) is 12.4 Å². The fourth-order valence-electron chi connectivity index (χ4n) is 2.73. The Labute approximate surface area is 141 Å². The Balaban J connectivity index is 1.59. The van der Waals surface area contributed by atoms with E-state index in [1.54, 1.807) is 24.3 Å². The zero-order valence-electron chi connectivity index (χ0n) is 13.7. The Morgan fingerprint density at radius 2 is 1.88 bits per heavy atom. The lowest BCUT2D eigenvalue weighted by Gasteiger charge is -2.19. The molecule has 1 N–H and O–H groups in total. The van der Waals surface area contributed by atoms with Crippen LogP contribution >= 0.6 is 0 Å². The number of hydrogen-bond acceptors (Lipinski definition) is 3. The summed E-state index contributed by atoms with van der Waals surface area (Å²) in [5.41, 5.74) is 1.71. The van der Waals surface area contributed by atoms with Gasteiger partial charge in [-0.1, -0.05) is 42.5 Å². The van der Waals surface area contributed by atoms with E-state index in [-0.39, 0.29) is 24.3 Å². The number of ether oxygens (including phenoxy) is 1. The van der Waals surface area contributed by atoms with Crippen molar-refractivity contribution in [1.82, 2.24) is 5.32 Å². The maximum Gasteiger partial charge on any atom is 0.258 e. The topological polar surface area (TPSA) is 55.4 Å². The lowest BCUT2D eigenvalue weighted by Crippen LogP contribution is -2.33. The first kappa shape index (κ1) is 16.2. The first-order valence-electron chi connectivity index (χ1n) is 8.21. The average Bonchev–Trinajstić information content (AvgIpc) is 3.44. The number of carbonyl (C=O) groups excluding carboxylic acids is 2. The molecule has 0 radical (unpaired) electrons. The van der Waals surface area contributed by atoms with Gasteiger partial charge in [-0.15, -0.1) is 0 Å². The SMILES string of the molecule is CC(=O)c1cccc(OCC(=O)N[C@H](c2ccccc2)C2CC2)c1. The second-order valence-electron chi connectivity index (χ2n) is 6.17. The van der Waals surface area contributed by atoms with Crippen molar-refractivity contribution in [3.05, 3.63) is 65.7 Å². The van der Waals surface area contributed by atoms with Gasteiger partial charge in [0.2, 0.25) is 0 Å². The number of Topliss-reactive ketones (excluding diaryl/α,β-unsaturated/α-hetero) is 1. The van der Waals surface area contributed by atoms with E-state index in [0.29, 0.717) is 17.2 Å². The van der Waals surface area contributed by atoms with Gasteiger partial charge in [-0.05, 0) is 43.4 Å². The van der Waals surface area contributed by atoms with Gasteiger partial charge in [-0.3, -0.25) is 9.59 Å². The van der Waals surface area contributed by atoms with E-state index >= 15 is 0 Å². The molecule has 0 unspecified atom stereocenters. The monoisotopic (exact) mass is 323 g/mol. The minimum atomic E-state index is -0.149. The minimum absolute atomic E-state index is 0.0252. The third kappa shape index (κ3) is 4.22. The summed E-state index contributed by atoms with van der Waals surface area (Å²) in [6.45, 7) is 1.45. The fraction of sp³-hybridized carbons (Fsp3) is 0.300. The van der Waals surface area contributed by atoms with Crippen molar-refractivity contribution in [1.29, 1.82) is 0 Å². The summed E-state index contributed by atoms with van der Waals surface area (Å²) in [6, 6.07) is 17.0. The first-order valence-corrected chi connectivity index (χ1v) is 8.21. The second-order valence-corrected chi connectivity index (χ2v) is 6.17. The van der Waals surface area contributed by atoms with E-state index in [9.17, 15) is 9.59 Å². The Bertz CT molecular complexity index is 723. The maximum atomic E-state index is 12.2. The van der Waals surface area contributed by atoms with Crippen molar-refractivity contribution >= 4 is 11.7 Å². The van der Waals surface area contributed by atoms with Gasteiger partial charge in [0.1, 0.15) is 5.75 Å². The molecule has 4 nitrogen and oxygen atoms in total. The highest BCUT2D eigenvalue weighted by Crippen LogP contribution is 2.40. The Morgan fingerprint density at radius 3 is 2.54 bits per heavy atom. The van der Waals surface area contributed by atoms with Crippen molar-refractivity contribution in [3.8, 4) is 5.75 Å². The molecule has 0 heterocycles. The molecule has 0 aromatic heterocycles. The molecule has 0 aliphatic heterocycles. The Morgan fingerprint density at radius 1 is 1.12 bits per heavy atom. The van der Waals surface area contributed by atoms with E-state index in [1.165, 1.54) is 6.92 Å². The molecule has 1 aliphatic carbocycles. The first-order chi connectivity index (χ1) is 11.6. The van der Waals surface area contributed by atoms with Crippen LogP contribution in [-0.4, -0.2) is 18.3 Å². The molecular formula is C20H21NO3. The number of amides is 1. The molecule has 1 aliphatic rings. The van der Waals surface area contributed by atoms with E-state index in [4.69, 9.17) is 4.74 Å². The molecule has 0 bridgehead atoms. The van der Waals surface area contributed by atoms with E-state index < -0.39 is 0 Å². The lowest BCUT2D eigenvalue weighted by molar-refractivity contribution is -0.124. The molecule has 0 spiro atoms. The van der Waals surface area contributed by atoms with Crippen molar-refractivity contribution < 1.29 is 14.3 Å². The summed E-state index contributed by atoms with van der Waals surface area (Å²) in [5, 5.41) is 3.07. The van der Waals surface area contributed by atoms with E-state index in [1.807, 2.05) is 30.3 Å². The molecule has 3 rings (SSSR count). The largest absolute Gasteiger partial charge is 0.484 e. The fourth-order valence-corrected chi connectivity index (χ4v) is 2.73. The third-order valence-corrected chi connectivity index (χ3v) is 4.18. The van der Waals surface area contributed by atoms with Gasteiger partial charge in [0.05, 0.1) is 6.04 Å². The van der Waals surface area contributed by atoms with Gasteiger partial charge < -0.3 is 10.1 Å². The van der Waals surface area contributed by atoms with Crippen LogP contribution in [0.15, 0.2) is 54.6 Å². The van der Waals surface area contributed by atoms with Crippen LogP contribution in [0.25, 0.3) is 0 Å². The molecule has 1 atom stereocenters. The van der Waals surface area contributed by atoms with Crippen molar-refractivity contribution in [2.75, 3.05) is 6.61 Å². The predicted octanol–water partition coefficient (Wildman–Crippen LogP) is 3.54. The normalized spacial score (nSPS) is 14.7. The molecule has 1 fully saturated rings. The van der Waals surface area contributed by atoms with Gasteiger partial charge in [-0.25, -0.2) is 0 Å².